The molecule has 0 spiro atoms. The number of carboxylic acid groups (broad SMARTS) is 1. The first-order valence-electron chi connectivity index (χ1n) is 13.0. The van der Waals surface area contributed by atoms with E-state index in [0.717, 1.165) is 38.5 Å². The molecule has 4 fully saturated rings. The SMILES string of the molecule is C[C@@H](CCC(=O)NCC(=O)O)[C@@H]1CC[C@@H]2[C@H]3[C@H](O)C[C@H]4C[C@@H](O)CC[C@]4(C)[C@@H]3C[C@@H](O)[C@@]21C. The monoisotopic (exact) mass is 465 g/mol. The third kappa shape index (κ3) is 4.23. The van der Waals surface area contributed by atoms with Crippen molar-refractivity contribution in [3.63, 3.8) is 0 Å². The molecule has 0 aliphatic heterocycles. The molecule has 4 aliphatic carbocycles. The maximum Gasteiger partial charge on any atom is 0.322 e. The molecule has 188 valence electrons. The van der Waals surface area contributed by atoms with Gasteiger partial charge in [0.15, 0.2) is 0 Å². The topological polar surface area (TPSA) is 127 Å². The summed E-state index contributed by atoms with van der Waals surface area (Å²) in [7, 11) is 0. The van der Waals surface area contributed by atoms with Crippen LogP contribution in [0.5, 0.6) is 0 Å². The first kappa shape index (κ1) is 24.9. The minimum absolute atomic E-state index is 0.0668. The summed E-state index contributed by atoms with van der Waals surface area (Å²) < 4.78 is 0. The van der Waals surface area contributed by atoms with E-state index in [1.807, 2.05) is 0 Å². The van der Waals surface area contributed by atoms with E-state index in [0.29, 0.717) is 25.2 Å². The van der Waals surface area contributed by atoms with Crippen LogP contribution in [-0.4, -0.2) is 57.2 Å². The van der Waals surface area contributed by atoms with Crippen molar-refractivity contribution in [2.75, 3.05) is 6.54 Å². The van der Waals surface area contributed by atoms with Gasteiger partial charge in [-0.25, -0.2) is 0 Å². The van der Waals surface area contributed by atoms with E-state index >= 15 is 0 Å². The van der Waals surface area contributed by atoms with Gasteiger partial charge >= 0.3 is 5.97 Å². The highest BCUT2D eigenvalue weighted by atomic mass is 16.4. The molecule has 0 aromatic rings. The van der Waals surface area contributed by atoms with Crippen LogP contribution in [0.3, 0.4) is 0 Å². The largest absolute Gasteiger partial charge is 0.480 e. The number of carbonyl (C=O) groups is 2. The molecule has 33 heavy (non-hydrogen) atoms. The second-order valence-corrected chi connectivity index (χ2v) is 12.2. The summed E-state index contributed by atoms with van der Waals surface area (Å²) in [6, 6.07) is 0. The summed E-state index contributed by atoms with van der Waals surface area (Å²) >= 11 is 0. The second kappa shape index (κ2) is 9.12. The molecule has 7 nitrogen and oxygen atoms in total. The number of amides is 1. The Morgan fingerprint density at radius 1 is 1.03 bits per heavy atom. The maximum absolute atomic E-state index is 12.0. The van der Waals surface area contributed by atoms with E-state index in [1.54, 1.807) is 0 Å². The molecule has 0 unspecified atom stereocenters. The zero-order valence-electron chi connectivity index (χ0n) is 20.4. The Balaban J connectivity index is 1.49. The Hall–Kier alpha value is -1.18. The normalized spacial score (nSPS) is 47.7. The quantitative estimate of drug-likeness (QED) is 0.410. The van der Waals surface area contributed by atoms with E-state index in [4.69, 9.17) is 5.11 Å². The lowest BCUT2D eigenvalue weighted by Crippen LogP contribution is -2.62. The third-order valence-electron chi connectivity index (χ3n) is 10.8. The molecule has 0 aromatic carbocycles. The maximum atomic E-state index is 12.0. The molecular weight excluding hydrogens is 422 g/mol. The number of hydrogen-bond acceptors (Lipinski definition) is 5. The van der Waals surface area contributed by atoms with Crippen molar-refractivity contribution < 1.29 is 30.0 Å². The summed E-state index contributed by atoms with van der Waals surface area (Å²) in [5.74, 6) is 0.265. The molecule has 0 radical (unpaired) electrons. The number of aliphatic hydroxyl groups excluding tert-OH is 3. The number of nitrogens with one attached hydrogen (secondary N) is 1. The third-order valence-corrected chi connectivity index (χ3v) is 10.8. The average molecular weight is 466 g/mol. The minimum atomic E-state index is -1.04. The van der Waals surface area contributed by atoms with Crippen LogP contribution in [0.2, 0.25) is 0 Å². The molecule has 0 saturated heterocycles. The van der Waals surface area contributed by atoms with Crippen molar-refractivity contribution in [1.29, 1.82) is 0 Å². The Morgan fingerprint density at radius 3 is 2.45 bits per heavy atom. The Labute approximate surface area is 197 Å². The number of aliphatic carboxylic acids is 1. The molecule has 0 bridgehead atoms. The van der Waals surface area contributed by atoms with Gasteiger partial charge in [0.1, 0.15) is 6.54 Å². The summed E-state index contributed by atoms with van der Waals surface area (Å²) in [5.41, 5.74) is -0.214. The highest BCUT2D eigenvalue weighted by molar-refractivity contribution is 5.81. The molecule has 4 saturated carbocycles. The molecule has 4 rings (SSSR count). The molecule has 4 aliphatic rings. The summed E-state index contributed by atoms with van der Waals surface area (Å²) in [4.78, 5) is 22.7. The van der Waals surface area contributed by atoms with Crippen molar-refractivity contribution in [3.05, 3.63) is 0 Å². The van der Waals surface area contributed by atoms with Crippen molar-refractivity contribution in [2.45, 2.75) is 96.9 Å². The van der Waals surface area contributed by atoms with Crippen molar-refractivity contribution in [2.24, 2.45) is 46.3 Å². The van der Waals surface area contributed by atoms with Crippen LogP contribution in [0.4, 0.5) is 0 Å². The van der Waals surface area contributed by atoms with Crippen LogP contribution >= 0.6 is 0 Å². The first-order valence-corrected chi connectivity index (χ1v) is 13.0. The fraction of sp³-hybridized carbons (Fsp3) is 0.923. The Morgan fingerprint density at radius 2 is 1.76 bits per heavy atom. The second-order valence-electron chi connectivity index (χ2n) is 12.2. The number of fused-ring (bicyclic) bond motifs is 5. The van der Waals surface area contributed by atoms with Crippen molar-refractivity contribution >= 4 is 11.9 Å². The molecule has 0 heterocycles. The lowest BCUT2D eigenvalue weighted by atomic mass is 9.43. The Kier molecular flexibility index (Phi) is 6.89. The fourth-order valence-electron chi connectivity index (χ4n) is 8.95. The average Bonchev–Trinajstić information content (AvgIpc) is 3.11. The molecule has 5 N–H and O–H groups in total. The van der Waals surface area contributed by atoms with Crippen LogP contribution in [0.25, 0.3) is 0 Å². The van der Waals surface area contributed by atoms with E-state index in [9.17, 15) is 24.9 Å². The van der Waals surface area contributed by atoms with Gasteiger partial charge in [0.25, 0.3) is 0 Å². The smallest absolute Gasteiger partial charge is 0.322 e. The predicted octanol–water partition coefficient (Wildman–Crippen LogP) is 2.56. The van der Waals surface area contributed by atoms with Crippen LogP contribution in [0.15, 0.2) is 0 Å². The van der Waals surface area contributed by atoms with Gasteiger partial charge in [0.2, 0.25) is 5.91 Å². The summed E-state index contributed by atoms with van der Waals surface area (Å²) in [5, 5.41) is 44.4. The lowest BCUT2D eigenvalue weighted by molar-refractivity contribution is -0.207. The van der Waals surface area contributed by atoms with Crippen LogP contribution in [-0.2, 0) is 9.59 Å². The zero-order chi connectivity index (χ0) is 24.1. The Bertz CT molecular complexity index is 759. The van der Waals surface area contributed by atoms with Gasteiger partial charge < -0.3 is 25.7 Å². The van der Waals surface area contributed by atoms with Gasteiger partial charge in [-0.15, -0.1) is 0 Å². The van der Waals surface area contributed by atoms with Gasteiger partial charge in [0.05, 0.1) is 18.3 Å². The van der Waals surface area contributed by atoms with Gasteiger partial charge in [-0.1, -0.05) is 20.8 Å². The lowest BCUT2D eigenvalue weighted by Gasteiger charge is -2.63. The number of hydrogen-bond donors (Lipinski definition) is 5. The molecular formula is C26H43NO6. The standard InChI is InChI=1S/C26H43NO6/c1-14(4-7-22(31)27-13-23(32)33)17-5-6-18-24-19(12-21(30)26(17,18)3)25(2)9-8-16(28)10-15(25)11-20(24)29/h14-21,24,28-30H,4-13H2,1-3H3,(H,27,31)(H,32,33)/t14-,15+,16-,17-,18+,19+,20+,21+,24+,25-,26+/m0/s1. The summed E-state index contributed by atoms with van der Waals surface area (Å²) in [6.07, 6.45) is 5.86. The molecule has 1 amide bonds. The van der Waals surface area contributed by atoms with Crippen LogP contribution in [0.1, 0.15) is 78.6 Å². The number of carboxylic acids is 1. The summed E-state index contributed by atoms with van der Waals surface area (Å²) in [6.45, 7) is 6.35. The molecule has 0 aromatic heterocycles. The van der Waals surface area contributed by atoms with E-state index in [1.165, 1.54) is 0 Å². The van der Waals surface area contributed by atoms with E-state index in [2.05, 4.69) is 26.1 Å². The van der Waals surface area contributed by atoms with Crippen LogP contribution in [0, 0.1) is 46.3 Å². The minimum Gasteiger partial charge on any atom is -0.480 e. The molecule has 7 heteroatoms. The van der Waals surface area contributed by atoms with Crippen molar-refractivity contribution in [3.8, 4) is 0 Å². The van der Waals surface area contributed by atoms with Gasteiger partial charge in [0, 0.05) is 6.42 Å². The van der Waals surface area contributed by atoms with E-state index in [-0.39, 0.29) is 65.1 Å². The molecule has 11 atom stereocenters. The van der Waals surface area contributed by atoms with Gasteiger partial charge in [-0.05, 0) is 97.7 Å². The van der Waals surface area contributed by atoms with Gasteiger partial charge in [-0.3, -0.25) is 9.59 Å². The highest BCUT2D eigenvalue weighted by Gasteiger charge is 2.65. The van der Waals surface area contributed by atoms with E-state index < -0.39 is 12.1 Å². The first-order chi connectivity index (χ1) is 15.5. The predicted molar refractivity (Wildman–Crippen MR) is 123 cm³/mol. The highest BCUT2D eigenvalue weighted by Crippen LogP contribution is 2.68. The zero-order valence-corrected chi connectivity index (χ0v) is 20.4. The van der Waals surface area contributed by atoms with Crippen LogP contribution < -0.4 is 5.32 Å². The number of rotatable bonds is 6. The fourth-order valence-corrected chi connectivity index (χ4v) is 8.95. The van der Waals surface area contributed by atoms with Gasteiger partial charge in [-0.2, -0.15) is 0 Å². The van der Waals surface area contributed by atoms with Crippen molar-refractivity contribution in [1.82, 2.24) is 5.32 Å². The number of carbonyl (C=O) groups excluding carboxylic acids is 1. The number of aliphatic hydroxyl groups is 3.